The number of carbonyl (C=O) groups is 1. The van der Waals surface area contributed by atoms with Gasteiger partial charge in [-0.25, -0.2) is 0 Å². The molecule has 98 valence electrons. The first-order valence-electron chi connectivity index (χ1n) is 5.57. The second-order valence-corrected chi connectivity index (χ2v) is 6.13. The Kier molecular flexibility index (Phi) is 3.06. The Bertz CT molecular complexity index is 555. The van der Waals surface area contributed by atoms with E-state index in [4.69, 9.17) is 4.18 Å². The molecule has 1 aromatic rings. The van der Waals surface area contributed by atoms with Crippen LogP contribution in [0.25, 0.3) is 0 Å². The van der Waals surface area contributed by atoms with Crippen molar-refractivity contribution < 1.29 is 22.5 Å². The minimum Gasteiger partial charge on any atom is -0.481 e. The topological polar surface area (TPSA) is 80.7 Å². The quantitative estimate of drug-likeness (QED) is 0.839. The third-order valence-corrected chi connectivity index (χ3v) is 3.77. The average Bonchev–Trinajstić information content (AvgIpc) is 2.15. The summed E-state index contributed by atoms with van der Waals surface area (Å²) in [7, 11) is -3.55. The lowest BCUT2D eigenvalue weighted by atomic mass is 9.64. The number of benzene rings is 1. The predicted octanol–water partition coefficient (Wildman–Crippen LogP) is 1.53. The van der Waals surface area contributed by atoms with E-state index < -0.39 is 21.5 Å². The van der Waals surface area contributed by atoms with Crippen molar-refractivity contribution in [2.24, 2.45) is 0 Å². The van der Waals surface area contributed by atoms with E-state index in [1.165, 1.54) is 12.1 Å². The largest absolute Gasteiger partial charge is 0.481 e. The van der Waals surface area contributed by atoms with Crippen molar-refractivity contribution >= 4 is 16.1 Å². The molecule has 0 spiro atoms. The molecule has 1 N–H and O–H groups in total. The molecule has 0 aliphatic heterocycles. The molecular weight excluding hydrogens is 256 g/mol. The molecule has 0 bridgehead atoms. The van der Waals surface area contributed by atoms with Crippen LogP contribution in [0.1, 0.15) is 24.8 Å². The first-order valence-corrected chi connectivity index (χ1v) is 7.39. The van der Waals surface area contributed by atoms with E-state index >= 15 is 0 Å². The van der Waals surface area contributed by atoms with Gasteiger partial charge in [-0.15, -0.1) is 0 Å². The van der Waals surface area contributed by atoms with E-state index in [1.807, 2.05) is 0 Å². The van der Waals surface area contributed by atoms with Gasteiger partial charge < -0.3 is 9.29 Å². The Balaban J connectivity index is 2.25. The molecule has 5 nitrogen and oxygen atoms in total. The van der Waals surface area contributed by atoms with Gasteiger partial charge in [-0.05, 0) is 30.5 Å². The molecule has 6 heteroatoms. The molecule has 18 heavy (non-hydrogen) atoms. The van der Waals surface area contributed by atoms with Gasteiger partial charge in [0, 0.05) is 0 Å². The summed E-state index contributed by atoms with van der Waals surface area (Å²) in [6, 6.07) is 6.21. The predicted molar refractivity (Wildman–Crippen MR) is 65.1 cm³/mol. The Morgan fingerprint density at radius 1 is 1.28 bits per heavy atom. The summed E-state index contributed by atoms with van der Waals surface area (Å²) in [5.74, 6) is -0.633. The minimum absolute atomic E-state index is 0.195. The summed E-state index contributed by atoms with van der Waals surface area (Å²) >= 11 is 0. The fourth-order valence-corrected chi connectivity index (χ4v) is 2.62. The summed E-state index contributed by atoms with van der Waals surface area (Å²) < 4.78 is 26.6. The zero-order valence-corrected chi connectivity index (χ0v) is 10.7. The van der Waals surface area contributed by atoms with Crippen LogP contribution in [0.15, 0.2) is 24.3 Å². The van der Waals surface area contributed by atoms with Crippen molar-refractivity contribution in [3.63, 3.8) is 0 Å². The normalized spacial score (nSPS) is 17.8. The molecule has 0 atom stereocenters. The minimum atomic E-state index is -3.55. The molecule has 1 aromatic carbocycles. The molecule has 1 saturated carbocycles. The fraction of sp³-hybridized carbons (Fsp3) is 0.417. The molecule has 0 amide bonds. The van der Waals surface area contributed by atoms with Gasteiger partial charge in [-0.2, -0.15) is 8.42 Å². The van der Waals surface area contributed by atoms with Crippen LogP contribution in [0.4, 0.5) is 0 Å². The highest BCUT2D eigenvalue weighted by atomic mass is 32.2. The SMILES string of the molecule is CS(=O)(=O)Oc1ccc(C2(C(=O)O)CCC2)cc1. The molecule has 2 rings (SSSR count). The number of hydrogen-bond acceptors (Lipinski definition) is 4. The van der Waals surface area contributed by atoms with Crippen LogP contribution in [-0.4, -0.2) is 25.7 Å². The lowest BCUT2D eigenvalue weighted by Crippen LogP contribution is -2.42. The zero-order valence-electron chi connectivity index (χ0n) is 9.92. The third-order valence-electron chi connectivity index (χ3n) is 3.27. The summed E-state index contributed by atoms with van der Waals surface area (Å²) in [5.41, 5.74) is -0.106. The van der Waals surface area contributed by atoms with Crippen LogP contribution in [-0.2, 0) is 20.3 Å². The van der Waals surface area contributed by atoms with E-state index in [0.29, 0.717) is 18.4 Å². The molecule has 0 radical (unpaired) electrons. The Morgan fingerprint density at radius 3 is 2.17 bits per heavy atom. The van der Waals surface area contributed by atoms with E-state index in [1.54, 1.807) is 12.1 Å². The fourth-order valence-electron chi connectivity index (χ4n) is 2.16. The number of carboxylic acids is 1. The van der Waals surface area contributed by atoms with Gasteiger partial charge in [0.1, 0.15) is 5.75 Å². The maximum Gasteiger partial charge on any atom is 0.314 e. The van der Waals surface area contributed by atoms with Gasteiger partial charge in [0.15, 0.2) is 0 Å². The Labute approximate surface area is 106 Å². The van der Waals surface area contributed by atoms with E-state index in [9.17, 15) is 18.3 Å². The second kappa shape index (κ2) is 4.28. The third kappa shape index (κ3) is 2.33. The second-order valence-electron chi connectivity index (χ2n) is 4.55. The van der Waals surface area contributed by atoms with Gasteiger partial charge in [0.2, 0.25) is 0 Å². The average molecular weight is 270 g/mol. The van der Waals surface area contributed by atoms with Crippen molar-refractivity contribution in [2.75, 3.05) is 6.26 Å². The summed E-state index contributed by atoms with van der Waals surface area (Å²) in [4.78, 5) is 11.3. The van der Waals surface area contributed by atoms with Gasteiger partial charge in [-0.3, -0.25) is 4.79 Å². The first-order chi connectivity index (χ1) is 8.33. The van der Waals surface area contributed by atoms with Crippen LogP contribution in [0, 0.1) is 0 Å². The highest BCUT2D eigenvalue weighted by Gasteiger charge is 2.45. The van der Waals surface area contributed by atoms with Crippen LogP contribution in [0.5, 0.6) is 5.75 Å². The highest BCUT2D eigenvalue weighted by molar-refractivity contribution is 7.86. The molecule has 1 aliphatic rings. The number of aliphatic carboxylic acids is 1. The number of carboxylic acid groups (broad SMARTS) is 1. The molecule has 1 fully saturated rings. The van der Waals surface area contributed by atoms with E-state index in [0.717, 1.165) is 12.7 Å². The van der Waals surface area contributed by atoms with Crippen LogP contribution >= 0.6 is 0 Å². The summed E-state index contributed by atoms with van der Waals surface area (Å²) in [5, 5.41) is 9.27. The number of hydrogen-bond donors (Lipinski definition) is 1. The maximum absolute atomic E-state index is 11.3. The highest BCUT2D eigenvalue weighted by Crippen LogP contribution is 2.44. The molecule has 0 heterocycles. The Morgan fingerprint density at radius 2 is 1.83 bits per heavy atom. The van der Waals surface area contributed by atoms with Crippen LogP contribution in [0.2, 0.25) is 0 Å². The summed E-state index contributed by atoms with van der Waals surface area (Å²) in [6.07, 6.45) is 3.10. The van der Waals surface area contributed by atoms with Crippen molar-refractivity contribution in [2.45, 2.75) is 24.7 Å². The van der Waals surface area contributed by atoms with Crippen molar-refractivity contribution in [1.82, 2.24) is 0 Å². The summed E-state index contributed by atoms with van der Waals surface area (Å²) in [6.45, 7) is 0. The molecular formula is C12H14O5S. The van der Waals surface area contributed by atoms with Gasteiger partial charge in [0.05, 0.1) is 11.7 Å². The smallest absolute Gasteiger partial charge is 0.314 e. The Hall–Kier alpha value is -1.56. The van der Waals surface area contributed by atoms with E-state index in [2.05, 4.69) is 0 Å². The number of rotatable bonds is 4. The van der Waals surface area contributed by atoms with E-state index in [-0.39, 0.29) is 5.75 Å². The maximum atomic E-state index is 11.3. The molecule has 0 unspecified atom stereocenters. The monoisotopic (exact) mass is 270 g/mol. The van der Waals surface area contributed by atoms with Crippen LogP contribution in [0.3, 0.4) is 0 Å². The van der Waals surface area contributed by atoms with Crippen molar-refractivity contribution in [3.8, 4) is 5.75 Å². The molecule has 0 aromatic heterocycles. The van der Waals surface area contributed by atoms with Gasteiger partial charge in [0.25, 0.3) is 0 Å². The lowest BCUT2D eigenvalue weighted by Gasteiger charge is -2.38. The van der Waals surface area contributed by atoms with Crippen molar-refractivity contribution in [1.29, 1.82) is 0 Å². The lowest BCUT2D eigenvalue weighted by molar-refractivity contribution is -0.147. The van der Waals surface area contributed by atoms with Gasteiger partial charge >= 0.3 is 16.1 Å². The van der Waals surface area contributed by atoms with Crippen LogP contribution < -0.4 is 4.18 Å². The molecule has 0 saturated heterocycles. The first kappa shape index (κ1) is 12.9. The van der Waals surface area contributed by atoms with Crippen molar-refractivity contribution in [3.05, 3.63) is 29.8 Å². The standard InChI is InChI=1S/C12H14O5S/c1-18(15,16)17-10-5-3-9(4-6-10)12(11(13)14)7-2-8-12/h3-6H,2,7-8H2,1H3,(H,13,14). The molecule has 1 aliphatic carbocycles. The zero-order chi connectivity index (χ0) is 13.4. The van der Waals surface area contributed by atoms with Gasteiger partial charge in [-0.1, -0.05) is 18.6 Å².